The average molecular weight is 370 g/mol. The summed E-state index contributed by atoms with van der Waals surface area (Å²) in [4.78, 5) is 13.1. The standard InChI is InChI=1S/C21H16F2O2S/c1-25-21(24)20-18(14-5-9-17(23)10-6-14)11-15(12-19(20)26-2)13-3-7-16(22)8-4-13/h3-12H,1-2H3. The lowest BCUT2D eigenvalue weighted by molar-refractivity contribution is 0.0598. The summed E-state index contributed by atoms with van der Waals surface area (Å²) in [6, 6.07) is 15.8. The van der Waals surface area contributed by atoms with Crippen molar-refractivity contribution in [3.63, 3.8) is 0 Å². The monoisotopic (exact) mass is 370 g/mol. The van der Waals surface area contributed by atoms with Gasteiger partial charge in [0.2, 0.25) is 0 Å². The first-order valence-electron chi connectivity index (χ1n) is 7.85. The van der Waals surface area contributed by atoms with E-state index in [1.165, 1.54) is 43.1 Å². The van der Waals surface area contributed by atoms with E-state index in [1.807, 2.05) is 18.4 Å². The molecular formula is C21H16F2O2S. The Labute approximate surface area is 154 Å². The Morgan fingerprint density at radius 2 is 1.38 bits per heavy atom. The Morgan fingerprint density at radius 1 is 0.846 bits per heavy atom. The minimum Gasteiger partial charge on any atom is -0.465 e. The SMILES string of the molecule is COC(=O)c1c(SC)cc(-c2ccc(F)cc2)cc1-c1ccc(F)cc1. The molecule has 26 heavy (non-hydrogen) atoms. The third-order valence-corrected chi connectivity index (χ3v) is 4.81. The van der Waals surface area contributed by atoms with Gasteiger partial charge in [0, 0.05) is 4.90 Å². The molecule has 3 aromatic rings. The van der Waals surface area contributed by atoms with Crippen molar-refractivity contribution in [3.05, 3.63) is 77.9 Å². The number of halogens is 2. The fourth-order valence-electron chi connectivity index (χ4n) is 2.76. The minimum absolute atomic E-state index is 0.316. The summed E-state index contributed by atoms with van der Waals surface area (Å²) < 4.78 is 31.5. The molecule has 3 rings (SSSR count). The van der Waals surface area contributed by atoms with Gasteiger partial charge in [0.05, 0.1) is 12.7 Å². The average Bonchev–Trinajstić information content (AvgIpc) is 2.67. The molecule has 0 aromatic heterocycles. The molecule has 3 aromatic carbocycles. The molecule has 0 atom stereocenters. The van der Waals surface area contributed by atoms with Crippen LogP contribution < -0.4 is 0 Å². The Hall–Kier alpha value is -2.66. The molecule has 0 amide bonds. The highest BCUT2D eigenvalue weighted by Gasteiger charge is 2.20. The second kappa shape index (κ2) is 7.70. The number of thioether (sulfide) groups is 1. The van der Waals surface area contributed by atoms with Gasteiger partial charge in [-0.15, -0.1) is 11.8 Å². The van der Waals surface area contributed by atoms with E-state index in [4.69, 9.17) is 4.74 Å². The van der Waals surface area contributed by atoms with Gasteiger partial charge in [0.1, 0.15) is 11.6 Å². The van der Waals surface area contributed by atoms with Crippen LogP contribution in [0.25, 0.3) is 22.3 Å². The minimum atomic E-state index is -0.459. The Bertz CT molecular complexity index is 935. The fraction of sp³-hybridized carbons (Fsp3) is 0.0952. The van der Waals surface area contributed by atoms with Gasteiger partial charge >= 0.3 is 5.97 Å². The van der Waals surface area contributed by atoms with Crippen molar-refractivity contribution in [2.24, 2.45) is 0 Å². The van der Waals surface area contributed by atoms with Crippen LogP contribution in [0.4, 0.5) is 8.78 Å². The zero-order chi connectivity index (χ0) is 18.7. The smallest absolute Gasteiger partial charge is 0.339 e. The highest BCUT2D eigenvalue weighted by atomic mass is 32.2. The van der Waals surface area contributed by atoms with E-state index in [-0.39, 0.29) is 11.6 Å². The zero-order valence-electron chi connectivity index (χ0n) is 14.3. The van der Waals surface area contributed by atoms with Crippen molar-refractivity contribution in [2.45, 2.75) is 4.90 Å². The Kier molecular flexibility index (Phi) is 5.38. The number of ether oxygens (including phenoxy) is 1. The summed E-state index contributed by atoms with van der Waals surface area (Å²) in [6.07, 6.45) is 1.87. The number of carbonyl (C=O) groups excluding carboxylic acids is 1. The van der Waals surface area contributed by atoms with E-state index in [0.717, 1.165) is 16.0 Å². The fourth-order valence-corrected chi connectivity index (χ4v) is 3.40. The zero-order valence-corrected chi connectivity index (χ0v) is 15.1. The van der Waals surface area contributed by atoms with Crippen LogP contribution >= 0.6 is 11.8 Å². The lowest BCUT2D eigenvalue weighted by atomic mass is 9.94. The number of benzene rings is 3. The number of hydrogen-bond donors (Lipinski definition) is 0. The second-order valence-corrected chi connectivity index (χ2v) is 6.45. The molecule has 0 saturated carbocycles. The van der Waals surface area contributed by atoms with Crippen molar-refractivity contribution in [3.8, 4) is 22.3 Å². The van der Waals surface area contributed by atoms with Crippen LogP contribution in [0.1, 0.15) is 10.4 Å². The van der Waals surface area contributed by atoms with Crippen molar-refractivity contribution < 1.29 is 18.3 Å². The second-order valence-electron chi connectivity index (χ2n) is 5.61. The molecule has 0 heterocycles. The van der Waals surface area contributed by atoms with E-state index in [2.05, 4.69) is 0 Å². The maximum Gasteiger partial charge on any atom is 0.339 e. The van der Waals surface area contributed by atoms with E-state index >= 15 is 0 Å². The Balaban J connectivity index is 2.26. The van der Waals surface area contributed by atoms with Gasteiger partial charge in [-0.3, -0.25) is 0 Å². The molecule has 0 saturated heterocycles. The van der Waals surface area contributed by atoms with E-state index in [9.17, 15) is 13.6 Å². The van der Waals surface area contributed by atoms with Gasteiger partial charge in [-0.1, -0.05) is 24.3 Å². The molecule has 0 aliphatic carbocycles. The lowest BCUT2D eigenvalue weighted by Crippen LogP contribution is -2.06. The first-order chi connectivity index (χ1) is 12.5. The third kappa shape index (κ3) is 3.63. The van der Waals surface area contributed by atoms with Crippen LogP contribution in [-0.4, -0.2) is 19.3 Å². The molecular weight excluding hydrogens is 354 g/mol. The van der Waals surface area contributed by atoms with E-state index in [0.29, 0.717) is 16.7 Å². The Morgan fingerprint density at radius 3 is 1.88 bits per heavy atom. The maximum atomic E-state index is 13.3. The first kappa shape index (κ1) is 18.1. The molecule has 0 bridgehead atoms. The molecule has 0 fully saturated rings. The molecule has 132 valence electrons. The molecule has 0 N–H and O–H groups in total. The van der Waals surface area contributed by atoms with Crippen LogP contribution in [0.2, 0.25) is 0 Å². The van der Waals surface area contributed by atoms with Gasteiger partial charge in [-0.05, 0) is 64.9 Å². The number of esters is 1. The van der Waals surface area contributed by atoms with Crippen molar-refractivity contribution in [1.82, 2.24) is 0 Å². The van der Waals surface area contributed by atoms with Gasteiger partial charge < -0.3 is 4.74 Å². The molecule has 0 aliphatic heterocycles. The van der Waals surface area contributed by atoms with Crippen LogP contribution in [0, 0.1) is 11.6 Å². The molecule has 2 nitrogen and oxygen atoms in total. The number of rotatable bonds is 4. The summed E-state index contributed by atoms with van der Waals surface area (Å²) >= 11 is 1.41. The van der Waals surface area contributed by atoms with E-state index < -0.39 is 5.97 Å². The van der Waals surface area contributed by atoms with Crippen molar-refractivity contribution in [1.29, 1.82) is 0 Å². The van der Waals surface area contributed by atoms with Gasteiger partial charge in [0.15, 0.2) is 0 Å². The summed E-state index contributed by atoms with van der Waals surface area (Å²) in [5.74, 6) is -1.13. The predicted molar refractivity (Wildman–Crippen MR) is 100 cm³/mol. The summed E-state index contributed by atoms with van der Waals surface area (Å²) in [5, 5.41) is 0. The first-order valence-corrected chi connectivity index (χ1v) is 9.08. The maximum absolute atomic E-state index is 13.3. The molecule has 0 spiro atoms. The van der Waals surface area contributed by atoms with Gasteiger partial charge in [0.25, 0.3) is 0 Å². The third-order valence-electron chi connectivity index (χ3n) is 4.04. The summed E-state index contributed by atoms with van der Waals surface area (Å²) in [7, 11) is 1.33. The molecule has 0 unspecified atom stereocenters. The quantitative estimate of drug-likeness (QED) is 0.428. The van der Waals surface area contributed by atoms with Crippen LogP contribution in [0.15, 0.2) is 65.6 Å². The molecule has 5 heteroatoms. The highest BCUT2D eigenvalue weighted by Crippen LogP contribution is 2.36. The topological polar surface area (TPSA) is 26.3 Å². The molecule has 0 aliphatic rings. The molecule has 0 radical (unpaired) electrons. The number of methoxy groups -OCH3 is 1. The van der Waals surface area contributed by atoms with Crippen LogP contribution in [-0.2, 0) is 4.74 Å². The van der Waals surface area contributed by atoms with E-state index in [1.54, 1.807) is 24.3 Å². The van der Waals surface area contributed by atoms with Crippen LogP contribution in [0.3, 0.4) is 0 Å². The number of carbonyl (C=O) groups is 1. The lowest BCUT2D eigenvalue weighted by Gasteiger charge is -2.15. The van der Waals surface area contributed by atoms with Gasteiger partial charge in [-0.2, -0.15) is 0 Å². The normalized spacial score (nSPS) is 10.6. The van der Waals surface area contributed by atoms with Crippen LogP contribution in [0.5, 0.6) is 0 Å². The summed E-state index contributed by atoms with van der Waals surface area (Å²) in [6.45, 7) is 0. The summed E-state index contributed by atoms with van der Waals surface area (Å²) in [5.41, 5.74) is 3.43. The predicted octanol–water partition coefficient (Wildman–Crippen LogP) is 5.81. The largest absolute Gasteiger partial charge is 0.465 e. The van der Waals surface area contributed by atoms with Gasteiger partial charge in [-0.25, -0.2) is 13.6 Å². The van der Waals surface area contributed by atoms with Crippen molar-refractivity contribution >= 4 is 17.7 Å². The van der Waals surface area contributed by atoms with Crippen molar-refractivity contribution in [2.75, 3.05) is 13.4 Å². The number of hydrogen-bond acceptors (Lipinski definition) is 3. The highest BCUT2D eigenvalue weighted by molar-refractivity contribution is 7.98.